The monoisotopic (exact) mass is 522 g/mol. The largest absolute Gasteiger partial charge is 0.388 e. The SMILES string of the molecule is C/C(C#Cc1cccc(I)c1)=C/[C@H](O)[C@@H](C#C[Si](C)(C)C)[Si](C)(C)C(C)(C)C. The van der Waals surface area contributed by atoms with E-state index in [0.717, 1.165) is 11.1 Å². The molecule has 0 saturated heterocycles. The first kappa shape index (κ1) is 25.2. The fraction of sp³-hybridized carbons (Fsp3) is 0.500. The first-order valence-corrected chi connectivity index (χ1v) is 17.5. The molecule has 152 valence electrons. The van der Waals surface area contributed by atoms with Crippen LogP contribution in [0.4, 0.5) is 0 Å². The van der Waals surface area contributed by atoms with E-state index in [9.17, 15) is 5.11 Å². The first-order chi connectivity index (χ1) is 12.6. The Morgan fingerprint density at radius 2 is 1.75 bits per heavy atom. The molecule has 4 heteroatoms. The lowest BCUT2D eigenvalue weighted by atomic mass is 10.1. The van der Waals surface area contributed by atoms with Crippen molar-refractivity contribution in [2.75, 3.05) is 0 Å². The molecule has 1 aromatic carbocycles. The lowest BCUT2D eigenvalue weighted by Crippen LogP contribution is -2.46. The van der Waals surface area contributed by atoms with Crippen LogP contribution in [0, 0.1) is 26.9 Å². The number of hydrogen-bond donors (Lipinski definition) is 1. The molecule has 0 amide bonds. The predicted octanol–water partition coefficient (Wildman–Crippen LogP) is 6.71. The molecule has 1 nitrogen and oxygen atoms in total. The number of halogens is 1. The summed E-state index contributed by atoms with van der Waals surface area (Å²) in [6.45, 7) is 20.3. The van der Waals surface area contributed by atoms with Gasteiger partial charge in [0.1, 0.15) is 8.07 Å². The lowest BCUT2D eigenvalue weighted by Gasteiger charge is -2.42. The van der Waals surface area contributed by atoms with E-state index in [1.165, 1.54) is 3.57 Å². The van der Waals surface area contributed by atoms with Crippen molar-refractivity contribution in [3.63, 3.8) is 0 Å². The Hall–Kier alpha value is -0.796. The maximum absolute atomic E-state index is 11.1. The maximum Gasteiger partial charge on any atom is 0.129 e. The van der Waals surface area contributed by atoms with Crippen molar-refractivity contribution in [3.8, 4) is 23.3 Å². The zero-order valence-corrected chi connectivity index (χ0v) is 23.0. The summed E-state index contributed by atoms with van der Waals surface area (Å²) >= 11 is 2.29. The van der Waals surface area contributed by atoms with E-state index < -0.39 is 22.3 Å². The third-order valence-electron chi connectivity index (χ3n) is 5.30. The molecule has 28 heavy (non-hydrogen) atoms. The molecule has 0 saturated carbocycles. The normalized spacial score (nSPS) is 15.0. The Morgan fingerprint density at radius 1 is 1.14 bits per heavy atom. The molecule has 0 spiro atoms. The topological polar surface area (TPSA) is 20.2 Å². The fourth-order valence-corrected chi connectivity index (χ4v) is 6.18. The number of benzene rings is 1. The minimum atomic E-state index is -1.85. The summed E-state index contributed by atoms with van der Waals surface area (Å²) in [4.78, 5) is 0. The van der Waals surface area contributed by atoms with Crippen LogP contribution in [0.5, 0.6) is 0 Å². The maximum atomic E-state index is 11.1. The van der Waals surface area contributed by atoms with Crippen LogP contribution in [0.15, 0.2) is 35.9 Å². The minimum absolute atomic E-state index is 0.00588. The van der Waals surface area contributed by atoms with Gasteiger partial charge in [0, 0.05) is 14.7 Å². The van der Waals surface area contributed by atoms with E-state index in [-0.39, 0.29) is 10.6 Å². The third kappa shape index (κ3) is 7.91. The molecule has 1 N–H and O–H groups in total. The van der Waals surface area contributed by atoms with Crippen LogP contribution >= 0.6 is 22.6 Å². The Kier molecular flexibility index (Phi) is 8.84. The summed E-state index contributed by atoms with van der Waals surface area (Å²) in [5, 5.41) is 11.3. The molecular formula is C24H35IOSi2. The van der Waals surface area contributed by atoms with Gasteiger partial charge in [0.2, 0.25) is 0 Å². The van der Waals surface area contributed by atoms with Crippen molar-refractivity contribution in [2.24, 2.45) is 0 Å². The zero-order valence-electron chi connectivity index (χ0n) is 18.9. The highest BCUT2D eigenvalue weighted by Crippen LogP contribution is 2.45. The summed E-state index contributed by atoms with van der Waals surface area (Å²) in [5.41, 5.74) is 5.40. The summed E-state index contributed by atoms with van der Waals surface area (Å²) < 4.78 is 1.17. The first-order valence-electron chi connectivity index (χ1n) is 9.80. The third-order valence-corrected chi connectivity index (χ3v) is 12.8. The van der Waals surface area contributed by atoms with Gasteiger partial charge < -0.3 is 5.11 Å². The molecule has 0 radical (unpaired) electrons. The van der Waals surface area contributed by atoms with Gasteiger partial charge in [0.15, 0.2) is 0 Å². The standard InChI is InChI=1S/C24H35IOSi2/c1-19(13-14-20-11-10-12-21(25)18-20)17-22(26)23(15-16-27(5,6)7)28(8,9)24(2,3)4/h10-12,17-18,22-23,26H,1-9H3/b19-17-/t22-,23+/m0/s1. The molecular weight excluding hydrogens is 487 g/mol. The van der Waals surface area contributed by atoms with Crippen LogP contribution in [0.1, 0.15) is 33.3 Å². The Morgan fingerprint density at radius 3 is 2.25 bits per heavy atom. The van der Waals surface area contributed by atoms with Crippen LogP contribution < -0.4 is 0 Å². The van der Waals surface area contributed by atoms with E-state index >= 15 is 0 Å². The molecule has 0 unspecified atom stereocenters. The molecule has 0 heterocycles. The summed E-state index contributed by atoms with van der Waals surface area (Å²) in [6, 6.07) is 8.14. The molecule has 1 rings (SSSR count). The Bertz CT molecular complexity index is 834. The van der Waals surface area contributed by atoms with Crippen LogP contribution in [0.3, 0.4) is 0 Å². The highest BCUT2D eigenvalue weighted by Gasteiger charge is 2.44. The smallest absolute Gasteiger partial charge is 0.129 e. The van der Waals surface area contributed by atoms with Crippen LogP contribution in [0.2, 0.25) is 43.3 Å². The zero-order chi connectivity index (χ0) is 21.8. The van der Waals surface area contributed by atoms with E-state index in [0.29, 0.717) is 0 Å². The molecule has 2 atom stereocenters. The number of hydrogen-bond acceptors (Lipinski definition) is 1. The van der Waals surface area contributed by atoms with Crippen LogP contribution in [-0.4, -0.2) is 27.4 Å². The van der Waals surface area contributed by atoms with Crippen molar-refractivity contribution in [3.05, 3.63) is 45.0 Å². The van der Waals surface area contributed by atoms with E-state index in [2.05, 4.69) is 112 Å². The number of rotatable bonds is 3. The van der Waals surface area contributed by atoms with Crippen molar-refractivity contribution in [1.82, 2.24) is 0 Å². The average molecular weight is 523 g/mol. The van der Waals surface area contributed by atoms with Gasteiger partial charge in [0.25, 0.3) is 0 Å². The van der Waals surface area contributed by atoms with Crippen molar-refractivity contribution in [2.45, 2.75) is 77.1 Å². The minimum Gasteiger partial charge on any atom is -0.388 e. The summed E-state index contributed by atoms with van der Waals surface area (Å²) in [6.07, 6.45) is 1.32. The van der Waals surface area contributed by atoms with E-state index in [1.54, 1.807) is 0 Å². The van der Waals surface area contributed by atoms with E-state index in [4.69, 9.17) is 0 Å². The highest BCUT2D eigenvalue weighted by atomic mass is 127. The second-order valence-electron chi connectivity index (χ2n) is 10.1. The number of aliphatic hydroxyl groups is 1. The van der Waals surface area contributed by atoms with Gasteiger partial charge in [0.05, 0.1) is 14.2 Å². The fourth-order valence-electron chi connectivity index (χ4n) is 2.58. The molecule has 0 fully saturated rings. The van der Waals surface area contributed by atoms with Gasteiger partial charge >= 0.3 is 0 Å². The predicted molar refractivity (Wildman–Crippen MR) is 138 cm³/mol. The second kappa shape index (κ2) is 9.80. The molecule has 0 aromatic heterocycles. The molecule has 1 aromatic rings. The van der Waals surface area contributed by atoms with Gasteiger partial charge in [-0.05, 0) is 64.4 Å². The molecule has 0 aliphatic rings. The number of aliphatic hydroxyl groups excluding tert-OH is 1. The summed E-state index contributed by atoms with van der Waals surface area (Å²) in [7, 11) is -3.36. The van der Waals surface area contributed by atoms with Gasteiger partial charge in [-0.2, -0.15) is 0 Å². The lowest BCUT2D eigenvalue weighted by molar-refractivity contribution is 0.224. The van der Waals surface area contributed by atoms with Crippen molar-refractivity contribution >= 4 is 38.7 Å². The van der Waals surface area contributed by atoms with E-state index in [1.807, 2.05) is 25.1 Å². The van der Waals surface area contributed by atoms with Crippen molar-refractivity contribution < 1.29 is 5.11 Å². The van der Waals surface area contributed by atoms with Gasteiger partial charge in [-0.3, -0.25) is 0 Å². The van der Waals surface area contributed by atoms with Crippen molar-refractivity contribution in [1.29, 1.82) is 0 Å². The van der Waals surface area contributed by atoms with Crippen LogP contribution in [-0.2, 0) is 0 Å². The van der Waals surface area contributed by atoms with Gasteiger partial charge in [-0.1, -0.05) is 71.4 Å². The molecule has 0 bridgehead atoms. The Labute approximate surface area is 188 Å². The quantitative estimate of drug-likeness (QED) is 0.266. The molecule has 0 aliphatic carbocycles. The molecule has 0 aliphatic heterocycles. The highest BCUT2D eigenvalue weighted by molar-refractivity contribution is 14.1. The summed E-state index contributed by atoms with van der Waals surface area (Å²) in [5.74, 6) is 9.92. The van der Waals surface area contributed by atoms with Gasteiger partial charge in [-0.15, -0.1) is 11.5 Å². The number of allylic oxidation sites excluding steroid dienone is 1. The second-order valence-corrected chi connectivity index (χ2v) is 21.6. The van der Waals surface area contributed by atoms with Gasteiger partial charge in [-0.25, -0.2) is 0 Å². The Balaban J connectivity index is 3.23. The average Bonchev–Trinajstić information content (AvgIpc) is 2.50. The van der Waals surface area contributed by atoms with Crippen LogP contribution in [0.25, 0.3) is 0 Å².